The van der Waals surface area contributed by atoms with Crippen molar-refractivity contribution in [3.8, 4) is 0 Å². The molecule has 0 aromatic heterocycles. The Labute approximate surface area is 90.5 Å². The first-order valence-electron chi connectivity index (χ1n) is 5.24. The van der Waals surface area contributed by atoms with Crippen molar-refractivity contribution in [1.82, 2.24) is 10.6 Å². The molecule has 1 saturated heterocycles. The molecule has 0 spiro atoms. The van der Waals surface area contributed by atoms with Crippen LogP contribution in [0.3, 0.4) is 0 Å². The predicted octanol–water partition coefficient (Wildman–Crippen LogP) is -0.711. The normalized spacial score (nSPS) is 22.5. The van der Waals surface area contributed by atoms with Crippen LogP contribution < -0.4 is 10.6 Å². The quantitative estimate of drug-likeness (QED) is 0.659. The fourth-order valence-electron chi connectivity index (χ4n) is 1.47. The van der Waals surface area contributed by atoms with Crippen LogP contribution in [0.1, 0.15) is 19.8 Å². The maximum absolute atomic E-state index is 11.2. The third-order valence-electron chi connectivity index (χ3n) is 2.55. The fraction of sp³-hybridized carbons (Fsp3) is 0.889. The lowest BCUT2D eigenvalue weighted by Crippen LogP contribution is -2.46. The van der Waals surface area contributed by atoms with Gasteiger partial charge in [0.25, 0.3) is 0 Å². The highest BCUT2D eigenvalue weighted by atomic mass is 32.2. The van der Waals surface area contributed by atoms with E-state index in [1.165, 1.54) is 0 Å². The average Bonchev–Trinajstić information content (AvgIpc) is 2.21. The van der Waals surface area contributed by atoms with Gasteiger partial charge in [-0.15, -0.1) is 0 Å². The number of amides is 1. The lowest BCUT2D eigenvalue weighted by atomic mass is 10.1. The molecule has 1 heterocycles. The number of hydrogen-bond donors (Lipinski definition) is 2. The van der Waals surface area contributed by atoms with Gasteiger partial charge < -0.3 is 10.6 Å². The van der Waals surface area contributed by atoms with Gasteiger partial charge in [0.2, 0.25) is 5.91 Å². The van der Waals surface area contributed by atoms with Gasteiger partial charge in [-0.1, -0.05) is 6.92 Å². The third-order valence-corrected chi connectivity index (χ3v) is 4.26. The van der Waals surface area contributed by atoms with Crippen molar-refractivity contribution >= 4 is 15.7 Å². The number of rotatable bonds is 5. The van der Waals surface area contributed by atoms with E-state index < -0.39 is 9.84 Å². The molecule has 2 N–H and O–H groups in total. The minimum Gasteiger partial charge on any atom is -0.355 e. The summed E-state index contributed by atoms with van der Waals surface area (Å²) in [6.45, 7) is 2.72. The van der Waals surface area contributed by atoms with E-state index in [0.29, 0.717) is 19.5 Å². The summed E-state index contributed by atoms with van der Waals surface area (Å²) in [6.07, 6.45) is 1.32. The molecule has 15 heavy (non-hydrogen) atoms. The topological polar surface area (TPSA) is 75.3 Å². The summed E-state index contributed by atoms with van der Waals surface area (Å²) in [5.74, 6) is 0.443. The molecule has 88 valence electrons. The van der Waals surface area contributed by atoms with Crippen LogP contribution in [0.5, 0.6) is 0 Å². The van der Waals surface area contributed by atoms with Gasteiger partial charge >= 0.3 is 0 Å². The highest BCUT2D eigenvalue weighted by Crippen LogP contribution is 2.02. The number of nitrogens with one attached hydrogen (secondary N) is 2. The van der Waals surface area contributed by atoms with Gasteiger partial charge in [-0.05, 0) is 6.42 Å². The summed E-state index contributed by atoms with van der Waals surface area (Å²) in [5.41, 5.74) is 0. The van der Waals surface area contributed by atoms with Crippen LogP contribution >= 0.6 is 0 Å². The number of sulfone groups is 1. The summed E-state index contributed by atoms with van der Waals surface area (Å²) < 4.78 is 22.4. The minimum absolute atomic E-state index is 0.0780. The number of hydrogen-bond acceptors (Lipinski definition) is 4. The second-order valence-corrected chi connectivity index (χ2v) is 6.20. The van der Waals surface area contributed by atoms with E-state index in [1.807, 2.05) is 0 Å². The van der Waals surface area contributed by atoms with E-state index in [2.05, 4.69) is 10.6 Å². The van der Waals surface area contributed by atoms with Crippen LogP contribution in [0, 0.1) is 0 Å². The van der Waals surface area contributed by atoms with Crippen LogP contribution in [0.4, 0.5) is 0 Å². The summed E-state index contributed by atoms with van der Waals surface area (Å²) in [4.78, 5) is 10.9. The van der Waals surface area contributed by atoms with Crippen molar-refractivity contribution in [3.05, 3.63) is 0 Å². The molecule has 1 rings (SSSR count). The molecule has 0 aromatic rings. The van der Waals surface area contributed by atoms with E-state index in [0.717, 1.165) is 6.42 Å². The zero-order valence-electron chi connectivity index (χ0n) is 8.95. The lowest BCUT2D eigenvalue weighted by molar-refractivity contribution is -0.122. The van der Waals surface area contributed by atoms with Crippen molar-refractivity contribution in [2.24, 2.45) is 0 Å². The minimum atomic E-state index is -2.88. The van der Waals surface area contributed by atoms with Gasteiger partial charge in [-0.25, -0.2) is 8.42 Å². The Hall–Kier alpha value is -0.620. The Balaban J connectivity index is 2.18. The Morgan fingerprint density at radius 1 is 1.53 bits per heavy atom. The number of carbonyl (C=O) groups excluding carboxylic acids is 1. The summed E-state index contributed by atoms with van der Waals surface area (Å²) in [5, 5.41) is 5.88. The van der Waals surface area contributed by atoms with Crippen molar-refractivity contribution in [1.29, 1.82) is 0 Å². The van der Waals surface area contributed by atoms with Crippen LogP contribution in [0.25, 0.3) is 0 Å². The zero-order chi connectivity index (χ0) is 11.3. The molecule has 1 aliphatic heterocycles. The van der Waals surface area contributed by atoms with Gasteiger partial charge in [0, 0.05) is 31.3 Å². The lowest BCUT2D eigenvalue weighted by Gasteiger charge is -2.23. The molecule has 0 saturated carbocycles. The first-order valence-corrected chi connectivity index (χ1v) is 7.06. The van der Waals surface area contributed by atoms with E-state index in [9.17, 15) is 13.2 Å². The van der Waals surface area contributed by atoms with Gasteiger partial charge in [0.1, 0.15) is 0 Å². The van der Waals surface area contributed by atoms with E-state index in [-0.39, 0.29) is 23.5 Å². The molecule has 1 fully saturated rings. The largest absolute Gasteiger partial charge is 0.355 e. The summed E-state index contributed by atoms with van der Waals surface area (Å²) in [6, 6.07) is 0.217. The maximum atomic E-state index is 11.2. The number of piperidine rings is 1. The molecule has 0 aliphatic carbocycles. The van der Waals surface area contributed by atoms with Crippen molar-refractivity contribution < 1.29 is 13.2 Å². The molecule has 1 aliphatic rings. The molecule has 0 radical (unpaired) electrons. The first kappa shape index (κ1) is 12.4. The van der Waals surface area contributed by atoms with Gasteiger partial charge in [0.05, 0.1) is 5.75 Å². The summed E-state index contributed by atoms with van der Waals surface area (Å²) >= 11 is 0. The molecule has 0 aromatic carbocycles. The van der Waals surface area contributed by atoms with Gasteiger partial charge in [-0.3, -0.25) is 4.79 Å². The Morgan fingerprint density at radius 3 is 2.80 bits per heavy atom. The van der Waals surface area contributed by atoms with Crippen molar-refractivity contribution in [2.75, 3.05) is 24.6 Å². The smallest absolute Gasteiger partial charge is 0.220 e. The Bertz CT molecular complexity index is 303. The standard InChI is InChI=1S/C9H18N2O3S/c1-2-15(13,14)6-5-10-8-3-4-9(12)11-7-8/h8,10H,2-7H2,1H3,(H,11,12). The highest BCUT2D eigenvalue weighted by molar-refractivity contribution is 7.91. The molecule has 6 heteroatoms. The second-order valence-electron chi connectivity index (χ2n) is 3.73. The van der Waals surface area contributed by atoms with Crippen LogP contribution in [-0.4, -0.2) is 45.0 Å². The molecular weight excluding hydrogens is 216 g/mol. The van der Waals surface area contributed by atoms with Crippen molar-refractivity contribution in [2.45, 2.75) is 25.8 Å². The Morgan fingerprint density at radius 2 is 2.27 bits per heavy atom. The molecular formula is C9H18N2O3S. The van der Waals surface area contributed by atoms with Crippen molar-refractivity contribution in [3.63, 3.8) is 0 Å². The molecule has 0 bridgehead atoms. The first-order chi connectivity index (χ1) is 7.03. The maximum Gasteiger partial charge on any atom is 0.220 e. The van der Waals surface area contributed by atoms with Gasteiger partial charge in [-0.2, -0.15) is 0 Å². The molecule has 1 unspecified atom stereocenters. The second kappa shape index (κ2) is 5.46. The van der Waals surface area contributed by atoms with E-state index in [4.69, 9.17) is 0 Å². The highest BCUT2D eigenvalue weighted by Gasteiger charge is 2.17. The monoisotopic (exact) mass is 234 g/mol. The van der Waals surface area contributed by atoms with E-state index in [1.54, 1.807) is 6.92 Å². The summed E-state index contributed by atoms with van der Waals surface area (Å²) in [7, 11) is -2.88. The SMILES string of the molecule is CCS(=O)(=O)CCNC1CCC(=O)NC1. The molecule has 5 nitrogen and oxygen atoms in total. The van der Waals surface area contributed by atoms with Gasteiger partial charge in [0.15, 0.2) is 9.84 Å². The van der Waals surface area contributed by atoms with Crippen LogP contribution in [-0.2, 0) is 14.6 Å². The predicted molar refractivity (Wildman–Crippen MR) is 58.4 cm³/mol. The molecule has 1 amide bonds. The Kier molecular flexibility index (Phi) is 4.53. The third kappa shape index (κ3) is 4.61. The average molecular weight is 234 g/mol. The molecule has 1 atom stereocenters. The van der Waals surface area contributed by atoms with E-state index >= 15 is 0 Å². The zero-order valence-corrected chi connectivity index (χ0v) is 9.77. The van der Waals surface area contributed by atoms with Crippen LogP contribution in [0.15, 0.2) is 0 Å². The fourth-order valence-corrected chi connectivity index (χ4v) is 2.19. The van der Waals surface area contributed by atoms with Crippen LogP contribution in [0.2, 0.25) is 0 Å². The number of carbonyl (C=O) groups is 1.